The topological polar surface area (TPSA) is 67.9 Å². The Kier molecular flexibility index (Phi) is 7.32. The van der Waals surface area contributed by atoms with E-state index in [0.717, 1.165) is 31.4 Å². The third-order valence-electron chi connectivity index (χ3n) is 4.96. The molecule has 1 aliphatic heterocycles. The number of nitrogens with one attached hydrogen (secondary N) is 1. The fourth-order valence-corrected chi connectivity index (χ4v) is 4.43. The molecule has 6 nitrogen and oxygen atoms in total. The van der Waals surface area contributed by atoms with Crippen molar-refractivity contribution >= 4 is 21.4 Å². The summed E-state index contributed by atoms with van der Waals surface area (Å²) in [5.74, 6) is 0.462. The van der Waals surface area contributed by atoms with Gasteiger partial charge in [-0.15, -0.1) is 0 Å². The van der Waals surface area contributed by atoms with Crippen LogP contribution in [0.4, 0.5) is 24.5 Å². The van der Waals surface area contributed by atoms with Crippen LogP contribution < -0.4 is 14.4 Å². The average Bonchev–Trinajstić information content (AvgIpc) is 2.74. The van der Waals surface area contributed by atoms with E-state index < -0.39 is 21.8 Å². The van der Waals surface area contributed by atoms with Gasteiger partial charge in [0.15, 0.2) is 0 Å². The molecule has 1 saturated heterocycles. The Balaban J connectivity index is 1.88. The number of ether oxygens (including phenoxy) is 2. The van der Waals surface area contributed by atoms with E-state index in [9.17, 15) is 21.6 Å². The Hall–Kier alpha value is -2.46. The number of benzene rings is 2. The Morgan fingerprint density at radius 1 is 1.00 bits per heavy atom. The van der Waals surface area contributed by atoms with Gasteiger partial charge in [0, 0.05) is 20.2 Å². The van der Waals surface area contributed by atoms with Crippen molar-refractivity contribution in [1.82, 2.24) is 0 Å². The SMILES string of the molecule is COCCOc1ccc(S(=O)(=O)Nc2cc(C(F)(F)F)ccc2N2CCCCC2)cc1. The molecule has 170 valence electrons. The van der Waals surface area contributed by atoms with Crippen LogP contribution in [0.5, 0.6) is 5.75 Å². The summed E-state index contributed by atoms with van der Waals surface area (Å²) in [6, 6.07) is 8.83. The molecule has 0 amide bonds. The molecular formula is C21H25F3N2O4S. The average molecular weight is 459 g/mol. The lowest BCUT2D eigenvalue weighted by atomic mass is 10.1. The molecule has 1 aliphatic rings. The molecule has 2 aromatic rings. The number of nitrogens with zero attached hydrogens (tertiary/aromatic N) is 1. The molecule has 0 atom stereocenters. The van der Waals surface area contributed by atoms with Gasteiger partial charge in [-0.2, -0.15) is 13.2 Å². The third-order valence-corrected chi connectivity index (χ3v) is 6.34. The van der Waals surface area contributed by atoms with Gasteiger partial charge >= 0.3 is 6.18 Å². The summed E-state index contributed by atoms with van der Waals surface area (Å²) in [5, 5.41) is 0. The highest BCUT2D eigenvalue weighted by molar-refractivity contribution is 7.92. The van der Waals surface area contributed by atoms with Crippen LogP contribution in [0.3, 0.4) is 0 Å². The van der Waals surface area contributed by atoms with E-state index in [-0.39, 0.29) is 10.6 Å². The lowest BCUT2D eigenvalue weighted by molar-refractivity contribution is -0.137. The zero-order valence-electron chi connectivity index (χ0n) is 17.1. The first kappa shape index (κ1) is 23.2. The van der Waals surface area contributed by atoms with Crippen LogP contribution in [0.2, 0.25) is 0 Å². The summed E-state index contributed by atoms with van der Waals surface area (Å²) >= 11 is 0. The van der Waals surface area contributed by atoms with E-state index in [2.05, 4.69) is 4.72 Å². The minimum Gasteiger partial charge on any atom is -0.491 e. The molecule has 0 spiro atoms. The van der Waals surface area contributed by atoms with Crippen molar-refractivity contribution < 1.29 is 31.1 Å². The van der Waals surface area contributed by atoms with Crippen molar-refractivity contribution in [3.8, 4) is 5.75 Å². The maximum atomic E-state index is 13.3. The van der Waals surface area contributed by atoms with Crippen molar-refractivity contribution in [1.29, 1.82) is 0 Å². The van der Waals surface area contributed by atoms with Crippen molar-refractivity contribution in [3.05, 3.63) is 48.0 Å². The van der Waals surface area contributed by atoms with Gasteiger partial charge in [-0.3, -0.25) is 4.72 Å². The first-order valence-electron chi connectivity index (χ1n) is 9.91. The van der Waals surface area contributed by atoms with E-state index in [0.29, 0.717) is 37.7 Å². The molecule has 3 rings (SSSR count). The van der Waals surface area contributed by atoms with Gasteiger partial charge in [-0.25, -0.2) is 8.42 Å². The van der Waals surface area contributed by atoms with E-state index in [1.54, 1.807) is 0 Å². The summed E-state index contributed by atoms with van der Waals surface area (Å²) in [6.45, 7) is 2.02. The van der Waals surface area contributed by atoms with E-state index in [1.165, 1.54) is 37.4 Å². The number of anilines is 2. The molecule has 0 saturated carbocycles. The summed E-state index contributed by atoms with van der Waals surface area (Å²) in [7, 11) is -2.56. The molecule has 1 heterocycles. The second kappa shape index (κ2) is 9.78. The monoisotopic (exact) mass is 458 g/mol. The number of hydrogen-bond donors (Lipinski definition) is 1. The predicted octanol–water partition coefficient (Wildman–Crippen LogP) is 4.52. The summed E-state index contributed by atoms with van der Waals surface area (Å²) < 4.78 is 78.2. The van der Waals surface area contributed by atoms with Gasteiger partial charge < -0.3 is 14.4 Å². The van der Waals surface area contributed by atoms with Gasteiger partial charge in [0.2, 0.25) is 0 Å². The highest BCUT2D eigenvalue weighted by Gasteiger charge is 2.32. The highest BCUT2D eigenvalue weighted by atomic mass is 32.2. The Morgan fingerprint density at radius 3 is 2.29 bits per heavy atom. The lowest BCUT2D eigenvalue weighted by Gasteiger charge is -2.31. The van der Waals surface area contributed by atoms with E-state index in [1.807, 2.05) is 4.90 Å². The van der Waals surface area contributed by atoms with Crippen LogP contribution in [-0.2, 0) is 20.9 Å². The molecule has 1 N–H and O–H groups in total. The quantitative estimate of drug-likeness (QED) is 0.589. The Bertz CT molecular complexity index is 973. The number of halogens is 3. The van der Waals surface area contributed by atoms with Crippen molar-refractivity contribution in [2.75, 3.05) is 43.0 Å². The van der Waals surface area contributed by atoms with Crippen LogP contribution in [0.1, 0.15) is 24.8 Å². The molecule has 2 aromatic carbocycles. The fourth-order valence-electron chi connectivity index (χ4n) is 3.37. The lowest BCUT2D eigenvalue weighted by Crippen LogP contribution is -2.30. The zero-order valence-corrected chi connectivity index (χ0v) is 17.9. The standard InChI is InChI=1S/C21H25F3N2O4S/c1-29-13-14-30-17-6-8-18(9-7-17)31(27,28)25-19-15-16(21(22,23)24)5-10-20(19)26-11-3-2-4-12-26/h5-10,15,25H,2-4,11-14H2,1H3. The van der Waals surface area contributed by atoms with E-state index >= 15 is 0 Å². The normalized spacial score (nSPS) is 15.0. The van der Waals surface area contributed by atoms with Crippen LogP contribution in [-0.4, -0.2) is 41.8 Å². The molecule has 0 unspecified atom stereocenters. The number of methoxy groups -OCH3 is 1. The van der Waals surface area contributed by atoms with Crippen LogP contribution in [0.15, 0.2) is 47.4 Å². The molecule has 0 aliphatic carbocycles. The maximum Gasteiger partial charge on any atom is 0.416 e. The minimum atomic E-state index is -4.58. The summed E-state index contributed by atoms with van der Waals surface area (Å²) in [4.78, 5) is 1.84. The van der Waals surface area contributed by atoms with Crippen molar-refractivity contribution in [2.24, 2.45) is 0 Å². The largest absolute Gasteiger partial charge is 0.491 e. The minimum absolute atomic E-state index is 0.0754. The Labute approximate surface area is 180 Å². The van der Waals surface area contributed by atoms with Crippen molar-refractivity contribution in [2.45, 2.75) is 30.3 Å². The highest BCUT2D eigenvalue weighted by Crippen LogP contribution is 2.37. The number of hydrogen-bond acceptors (Lipinski definition) is 5. The van der Waals surface area contributed by atoms with Gasteiger partial charge in [-0.1, -0.05) is 0 Å². The number of piperidine rings is 1. The van der Waals surface area contributed by atoms with Gasteiger partial charge in [0.1, 0.15) is 12.4 Å². The van der Waals surface area contributed by atoms with Gasteiger partial charge in [0.25, 0.3) is 10.0 Å². The zero-order chi connectivity index (χ0) is 22.5. The first-order chi connectivity index (χ1) is 14.7. The molecule has 0 aromatic heterocycles. The second-order valence-corrected chi connectivity index (χ2v) is 8.88. The third kappa shape index (κ3) is 6.04. The van der Waals surface area contributed by atoms with Crippen molar-refractivity contribution in [3.63, 3.8) is 0 Å². The molecule has 31 heavy (non-hydrogen) atoms. The fraction of sp³-hybridized carbons (Fsp3) is 0.429. The first-order valence-corrected chi connectivity index (χ1v) is 11.4. The van der Waals surface area contributed by atoms with Gasteiger partial charge in [-0.05, 0) is 61.7 Å². The number of rotatable bonds is 8. The van der Waals surface area contributed by atoms with Gasteiger partial charge in [0.05, 0.1) is 28.4 Å². The second-order valence-electron chi connectivity index (χ2n) is 7.20. The van der Waals surface area contributed by atoms with Crippen LogP contribution >= 0.6 is 0 Å². The van der Waals surface area contributed by atoms with E-state index in [4.69, 9.17) is 9.47 Å². The smallest absolute Gasteiger partial charge is 0.416 e. The summed E-state index contributed by atoms with van der Waals surface area (Å²) in [5.41, 5.74) is -0.555. The summed E-state index contributed by atoms with van der Waals surface area (Å²) in [6.07, 6.45) is -1.74. The molecule has 0 bridgehead atoms. The number of sulfonamides is 1. The molecule has 0 radical (unpaired) electrons. The van der Waals surface area contributed by atoms with Crippen LogP contribution in [0, 0.1) is 0 Å². The molecular weight excluding hydrogens is 433 g/mol. The molecule has 10 heteroatoms. The predicted molar refractivity (Wildman–Crippen MR) is 112 cm³/mol. The molecule has 1 fully saturated rings. The Morgan fingerprint density at radius 2 is 1.68 bits per heavy atom. The van der Waals surface area contributed by atoms with Crippen LogP contribution in [0.25, 0.3) is 0 Å². The number of alkyl halides is 3. The maximum absolute atomic E-state index is 13.3.